The fourth-order valence-electron chi connectivity index (χ4n) is 1.18. The van der Waals surface area contributed by atoms with Crippen LogP contribution in [0.1, 0.15) is 19.8 Å². The molecule has 0 atom stereocenters. The molecule has 1 radical (unpaired) electrons. The molecule has 0 heteroatoms. The van der Waals surface area contributed by atoms with Gasteiger partial charge in [0.25, 0.3) is 0 Å². The zero-order chi connectivity index (χ0) is 7.40. The van der Waals surface area contributed by atoms with Crippen molar-refractivity contribution in [2.24, 2.45) is 0 Å². The highest BCUT2D eigenvalue weighted by molar-refractivity contribution is 5.38. The Kier molecular flexibility index (Phi) is 2.49. The molecule has 0 bridgehead atoms. The molecule has 0 aliphatic heterocycles. The van der Waals surface area contributed by atoms with Gasteiger partial charge in [-0.2, -0.15) is 0 Å². The highest BCUT2D eigenvalue weighted by atomic mass is 14.1. The molecule has 0 saturated heterocycles. The third-order valence-electron chi connectivity index (χ3n) is 1.81. The molecular weight excluding hydrogens is 120 g/mol. The largest absolute Gasteiger partial charge is 0.0988 e. The van der Waals surface area contributed by atoms with Gasteiger partial charge in [-0.1, -0.05) is 37.3 Å². The molecular formula is C10H13. The van der Waals surface area contributed by atoms with Crippen molar-refractivity contribution >= 4 is 0 Å². The van der Waals surface area contributed by atoms with Gasteiger partial charge in [0.1, 0.15) is 0 Å². The molecule has 0 spiro atoms. The first-order valence-electron chi connectivity index (χ1n) is 3.72. The van der Waals surface area contributed by atoms with Crippen LogP contribution < -0.4 is 0 Å². The Hall–Kier alpha value is -0.780. The van der Waals surface area contributed by atoms with Gasteiger partial charge >= 0.3 is 0 Å². The summed E-state index contributed by atoms with van der Waals surface area (Å²) in [6, 6.07) is 0. The van der Waals surface area contributed by atoms with E-state index in [4.69, 9.17) is 0 Å². The molecule has 53 valence electrons. The fourth-order valence-corrected chi connectivity index (χ4v) is 1.18. The van der Waals surface area contributed by atoms with Crippen molar-refractivity contribution in [1.29, 1.82) is 0 Å². The minimum absolute atomic E-state index is 1.06. The second-order valence-electron chi connectivity index (χ2n) is 2.41. The molecule has 10 heavy (non-hydrogen) atoms. The molecule has 0 N–H and O–H groups in total. The predicted molar refractivity (Wildman–Crippen MR) is 45.6 cm³/mol. The number of hydrogen-bond donors (Lipinski definition) is 0. The van der Waals surface area contributed by atoms with E-state index in [0.29, 0.717) is 0 Å². The van der Waals surface area contributed by atoms with Crippen LogP contribution in [0.25, 0.3) is 0 Å². The van der Waals surface area contributed by atoms with E-state index in [2.05, 4.69) is 32.1 Å². The summed E-state index contributed by atoms with van der Waals surface area (Å²) < 4.78 is 0. The molecule has 0 aromatic rings. The first-order valence-corrected chi connectivity index (χ1v) is 3.72. The van der Waals surface area contributed by atoms with Crippen LogP contribution in [0.3, 0.4) is 0 Å². The van der Waals surface area contributed by atoms with Crippen LogP contribution in [0.5, 0.6) is 0 Å². The molecule has 0 aromatic heterocycles. The first-order chi connectivity index (χ1) is 4.88. The van der Waals surface area contributed by atoms with Crippen molar-refractivity contribution in [2.75, 3.05) is 0 Å². The molecule has 0 fully saturated rings. The summed E-state index contributed by atoms with van der Waals surface area (Å²) in [6.45, 7) is 5.95. The zero-order valence-corrected chi connectivity index (χ0v) is 6.43. The standard InChI is InChI=1S/C10H13/c1-3-9-7-5-6-8-10(9)4-2/h3,5-6,8H,1,4,7H2,2H3. The molecule has 0 nitrogen and oxygen atoms in total. The number of allylic oxidation sites excluding steroid dienone is 5. The Balaban J connectivity index is 2.75. The Morgan fingerprint density at radius 2 is 2.50 bits per heavy atom. The molecule has 0 unspecified atom stereocenters. The SMILES string of the molecule is C=CC1=C(CC)[CH]C=CC1. The van der Waals surface area contributed by atoms with Crippen LogP contribution >= 0.6 is 0 Å². The van der Waals surface area contributed by atoms with Crippen LogP contribution in [0, 0.1) is 6.42 Å². The summed E-state index contributed by atoms with van der Waals surface area (Å²) in [5.41, 5.74) is 2.81. The lowest BCUT2D eigenvalue weighted by Crippen LogP contribution is -1.92. The highest BCUT2D eigenvalue weighted by Crippen LogP contribution is 2.21. The van der Waals surface area contributed by atoms with Gasteiger partial charge in [-0.05, 0) is 18.4 Å². The molecule has 1 aliphatic rings. The van der Waals surface area contributed by atoms with Gasteiger partial charge in [0.15, 0.2) is 0 Å². The van der Waals surface area contributed by atoms with E-state index in [-0.39, 0.29) is 0 Å². The summed E-state index contributed by atoms with van der Waals surface area (Å²) in [7, 11) is 0. The van der Waals surface area contributed by atoms with E-state index in [1.54, 1.807) is 0 Å². The maximum Gasteiger partial charge on any atom is 0.00831 e. The number of hydrogen-bond acceptors (Lipinski definition) is 0. The molecule has 0 saturated carbocycles. The third kappa shape index (κ3) is 1.38. The lowest BCUT2D eigenvalue weighted by Gasteiger charge is -2.10. The lowest BCUT2D eigenvalue weighted by molar-refractivity contribution is 1.05. The normalized spacial score (nSPS) is 17.7. The average molecular weight is 133 g/mol. The molecule has 0 heterocycles. The third-order valence-corrected chi connectivity index (χ3v) is 1.81. The van der Waals surface area contributed by atoms with Gasteiger partial charge in [0.05, 0.1) is 0 Å². The molecule has 1 aliphatic carbocycles. The van der Waals surface area contributed by atoms with Crippen molar-refractivity contribution in [3.63, 3.8) is 0 Å². The van der Waals surface area contributed by atoms with E-state index < -0.39 is 0 Å². The van der Waals surface area contributed by atoms with Gasteiger partial charge < -0.3 is 0 Å². The molecule has 1 rings (SSSR count). The van der Waals surface area contributed by atoms with Crippen molar-refractivity contribution < 1.29 is 0 Å². The summed E-state index contributed by atoms with van der Waals surface area (Å²) in [4.78, 5) is 0. The molecule has 0 aromatic carbocycles. The van der Waals surface area contributed by atoms with Crippen LogP contribution in [0.15, 0.2) is 36.0 Å². The summed E-state index contributed by atoms with van der Waals surface area (Å²) in [5, 5.41) is 0. The summed E-state index contributed by atoms with van der Waals surface area (Å²) in [5.74, 6) is 0. The minimum Gasteiger partial charge on any atom is -0.0988 e. The quantitative estimate of drug-likeness (QED) is 0.543. The maximum atomic E-state index is 3.77. The van der Waals surface area contributed by atoms with Crippen molar-refractivity contribution in [3.8, 4) is 0 Å². The van der Waals surface area contributed by atoms with Crippen molar-refractivity contribution in [1.82, 2.24) is 0 Å². The first kappa shape index (κ1) is 7.33. The molecule has 0 amide bonds. The van der Waals surface area contributed by atoms with Gasteiger partial charge in [-0.3, -0.25) is 0 Å². The minimum atomic E-state index is 1.06. The van der Waals surface area contributed by atoms with Gasteiger partial charge in [0.2, 0.25) is 0 Å². The Morgan fingerprint density at radius 3 is 3.00 bits per heavy atom. The Bertz CT molecular complexity index is 182. The highest BCUT2D eigenvalue weighted by Gasteiger charge is 2.02. The van der Waals surface area contributed by atoms with E-state index in [1.165, 1.54) is 11.1 Å². The average Bonchev–Trinajstić information content (AvgIpc) is 2.04. The van der Waals surface area contributed by atoms with E-state index in [9.17, 15) is 0 Å². The van der Waals surface area contributed by atoms with E-state index >= 15 is 0 Å². The van der Waals surface area contributed by atoms with Gasteiger partial charge in [-0.15, -0.1) is 0 Å². The topological polar surface area (TPSA) is 0 Å². The van der Waals surface area contributed by atoms with Crippen molar-refractivity contribution in [2.45, 2.75) is 19.8 Å². The van der Waals surface area contributed by atoms with Gasteiger partial charge in [0, 0.05) is 6.42 Å². The summed E-state index contributed by atoms with van der Waals surface area (Å²) in [6.07, 6.45) is 10.6. The van der Waals surface area contributed by atoms with Crippen LogP contribution in [-0.4, -0.2) is 0 Å². The van der Waals surface area contributed by atoms with Gasteiger partial charge in [-0.25, -0.2) is 0 Å². The monoisotopic (exact) mass is 133 g/mol. The fraction of sp³-hybridized carbons (Fsp3) is 0.300. The zero-order valence-electron chi connectivity index (χ0n) is 6.43. The predicted octanol–water partition coefficient (Wildman–Crippen LogP) is 3.04. The van der Waals surface area contributed by atoms with Crippen LogP contribution in [-0.2, 0) is 0 Å². The van der Waals surface area contributed by atoms with Crippen LogP contribution in [0.4, 0.5) is 0 Å². The Labute approximate surface area is 62.9 Å². The lowest BCUT2D eigenvalue weighted by atomic mass is 9.95. The Morgan fingerprint density at radius 1 is 1.70 bits per heavy atom. The van der Waals surface area contributed by atoms with Crippen LogP contribution in [0.2, 0.25) is 0 Å². The van der Waals surface area contributed by atoms with Crippen molar-refractivity contribution in [3.05, 3.63) is 42.4 Å². The second-order valence-corrected chi connectivity index (χ2v) is 2.41. The maximum absolute atomic E-state index is 3.77. The second kappa shape index (κ2) is 3.40. The smallest absolute Gasteiger partial charge is 0.00831 e. The van der Waals surface area contributed by atoms with E-state index in [1.807, 2.05) is 6.08 Å². The summed E-state index contributed by atoms with van der Waals surface area (Å²) >= 11 is 0. The van der Waals surface area contributed by atoms with E-state index in [0.717, 1.165) is 12.8 Å². The number of rotatable bonds is 2.